The van der Waals surface area contributed by atoms with E-state index in [9.17, 15) is 4.79 Å². The van der Waals surface area contributed by atoms with Gasteiger partial charge in [0, 0.05) is 13.0 Å². The van der Waals surface area contributed by atoms with Gasteiger partial charge in [0.05, 0.1) is 19.8 Å². The van der Waals surface area contributed by atoms with Crippen molar-refractivity contribution in [3.63, 3.8) is 0 Å². The third-order valence-electron chi connectivity index (χ3n) is 3.72. The topological polar surface area (TPSA) is 38.8 Å². The molecule has 0 aliphatic carbocycles. The Morgan fingerprint density at radius 3 is 3.05 bits per heavy atom. The van der Waals surface area contributed by atoms with Gasteiger partial charge in [0.1, 0.15) is 0 Å². The Morgan fingerprint density at radius 2 is 2.25 bits per heavy atom. The van der Waals surface area contributed by atoms with Crippen LogP contribution >= 0.6 is 0 Å². The minimum Gasteiger partial charge on any atom is -0.469 e. The van der Waals surface area contributed by atoms with Crippen LogP contribution in [0.3, 0.4) is 0 Å². The lowest BCUT2D eigenvalue weighted by atomic mass is 9.97. The Balaban J connectivity index is 1.83. The number of rotatable bonds is 6. The monoisotopic (exact) mass is 277 g/mol. The fourth-order valence-corrected chi connectivity index (χ4v) is 2.60. The van der Waals surface area contributed by atoms with Gasteiger partial charge >= 0.3 is 5.97 Å². The quantitative estimate of drug-likeness (QED) is 0.747. The van der Waals surface area contributed by atoms with Crippen LogP contribution in [0, 0.1) is 0 Å². The number of hydrogen-bond donors (Lipinski definition) is 0. The number of esters is 1. The third kappa shape index (κ3) is 4.05. The summed E-state index contributed by atoms with van der Waals surface area (Å²) >= 11 is 0. The van der Waals surface area contributed by atoms with Crippen molar-refractivity contribution in [2.24, 2.45) is 0 Å². The molecule has 2 rings (SSSR count). The molecule has 1 aromatic rings. The Morgan fingerprint density at radius 1 is 1.45 bits per heavy atom. The Labute approximate surface area is 120 Å². The maximum Gasteiger partial charge on any atom is 0.305 e. The van der Waals surface area contributed by atoms with Crippen molar-refractivity contribution in [1.82, 2.24) is 4.90 Å². The maximum absolute atomic E-state index is 11.1. The average molecular weight is 277 g/mol. The first-order valence-electron chi connectivity index (χ1n) is 7.15. The Kier molecular flexibility index (Phi) is 5.56. The highest BCUT2D eigenvalue weighted by molar-refractivity contribution is 5.69. The van der Waals surface area contributed by atoms with Gasteiger partial charge in [-0.05, 0) is 37.6 Å². The van der Waals surface area contributed by atoms with Crippen molar-refractivity contribution in [3.8, 4) is 0 Å². The number of nitrogens with zero attached hydrogens (tertiary/aromatic N) is 1. The molecular formula is C16H23NO3. The molecule has 0 spiro atoms. The van der Waals surface area contributed by atoms with Gasteiger partial charge in [0.2, 0.25) is 0 Å². The first-order chi connectivity index (χ1) is 9.70. The summed E-state index contributed by atoms with van der Waals surface area (Å²) in [7, 11) is 3.50. The summed E-state index contributed by atoms with van der Waals surface area (Å²) in [6, 6.07) is 8.49. The Hall–Kier alpha value is -1.39. The molecule has 0 bridgehead atoms. The molecule has 0 amide bonds. The molecule has 110 valence electrons. The molecule has 20 heavy (non-hydrogen) atoms. The zero-order chi connectivity index (χ0) is 14.4. The first-order valence-corrected chi connectivity index (χ1v) is 7.15. The molecule has 4 heteroatoms. The zero-order valence-corrected chi connectivity index (χ0v) is 12.3. The van der Waals surface area contributed by atoms with Crippen LogP contribution in [0.4, 0.5) is 0 Å². The minimum absolute atomic E-state index is 0.141. The summed E-state index contributed by atoms with van der Waals surface area (Å²) in [5.74, 6) is -0.141. The Bertz CT molecular complexity index is 447. The van der Waals surface area contributed by atoms with Gasteiger partial charge in [0.15, 0.2) is 0 Å². The van der Waals surface area contributed by atoms with E-state index in [0.717, 1.165) is 32.5 Å². The number of benzene rings is 1. The van der Waals surface area contributed by atoms with E-state index in [1.54, 1.807) is 0 Å². The summed E-state index contributed by atoms with van der Waals surface area (Å²) in [4.78, 5) is 13.3. The minimum atomic E-state index is -0.141. The van der Waals surface area contributed by atoms with Gasteiger partial charge in [0.25, 0.3) is 0 Å². The van der Waals surface area contributed by atoms with Crippen molar-refractivity contribution in [1.29, 1.82) is 0 Å². The second-order valence-electron chi connectivity index (χ2n) is 5.25. The molecule has 0 saturated heterocycles. The van der Waals surface area contributed by atoms with Crippen LogP contribution in [0.25, 0.3) is 0 Å². The van der Waals surface area contributed by atoms with Gasteiger partial charge in [-0.1, -0.05) is 24.3 Å². The van der Waals surface area contributed by atoms with Gasteiger partial charge in [-0.2, -0.15) is 0 Å². The van der Waals surface area contributed by atoms with Gasteiger partial charge < -0.3 is 14.4 Å². The van der Waals surface area contributed by atoms with E-state index in [1.165, 1.54) is 18.2 Å². The normalized spacial score (nSPS) is 17.9. The molecule has 0 aromatic heterocycles. The van der Waals surface area contributed by atoms with E-state index in [-0.39, 0.29) is 12.1 Å². The highest BCUT2D eigenvalue weighted by Crippen LogP contribution is 2.27. The molecule has 1 heterocycles. The number of carbonyl (C=O) groups is 1. The summed E-state index contributed by atoms with van der Waals surface area (Å²) in [6.45, 7) is 2.52. The number of methoxy groups -OCH3 is 1. The first kappa shape index (κ1) is 15.0. The van der Waals surface area contributed by atoms with E-state index in [4.69, 9.17) is 4.74 Å². The van der Waals surface area contributed by atoms with E-state index in [0.29, 0.717) is 6.42 Å². The molecule has 0 fully saturated rings. The van der Waals surface area contributed by atoms with Crippen molar-refractivity contribution in [3.05, 3.63) is 35.4 Å². The van der Waals surface area contributed by atoms with E-state index < -0.39 is 0 Å². The van der Waals surface area contributed by atoms with Crippen molar-refractivity contribution in [2.45, 2.75) is 25.4 Å². The zero-order valence-electron chi connectivity index (χ0n) is 12.3. The standard InChI is InChI=1S/C16H23NO3/c1-17(10-5-8-16(18)19-2)12-15-14-7-4-3-6-13(14)9-11-20-15/h3-4,6-7,15H,5,8-12H2,1-2H3. The number of likely N-dealkylation sites (N-methyl/N-ethyl adjacent to an activating group) is 1. The number of carbonyl (C=O) groups excluding carboxylic acids is 1. The maximum atomic E-state index is 11.1. The SMILES string of the molecule is COC(=O)CCCN(C)CC1OCCc2ccccc21. The van der Waals surface area contributed by atoms with Crippen LogP contribution in [-0.2, 0) is 20.7 Å². The molecule has 1 atom stereocenters. The lowest BCUT2D eigenvalue weighted by molar-refractivity contribution is -0.140. The van der Waals surface area contributed by atoms with E-state index in [2.05, 4.69) is 40.9 Å². The fourth-order valence-electron chi connectivity index (χ4n) is 2.60. The molecule has 0 saturated carbocycles. The second-order valence-corrected chi connectivity index (χ2v) is 5.25. The highest BCUT2D eigenvalue weighted by atomic mass is 16.5. The van der Waals surface area contributed by atoms with Crippen molar-refractivity contribution < 1.29 is 14.3 Å². The van der Waals surface area contributed by atoms with E-state index >= 15 is 0 Å². The number of hydrogen-bond acceptors (Lipinski definition) is 4. The summed E-state index contributed by atoms with van der Waals surface area (Å²) in [5.41, 5.74) is 2.70. The lowest BCUT2D eigenvalue weighted by Crippen LogP contribution is -2.30. The smallest absolute Gasteiger partial charge is 0.305 e. The molecule has 1 aromatic carbocycles. The molecule has 1 aliphatic heterocycles. The summed E-state index contributed by atoms with van der Waals surface area (Å²) in [5, 5.41) is 0. The van der Waals surface area contributed by atoms with Crippen LogP contribution in [0.5, 0.6) is 0 Å². The van der Waals surface area contributed by atoms with Crippen LogP contribution in [0.1, 0.15) is 30.1 Å². The number of ether oxygens (including phenoxy) is 2. The molecular weight excluding hydrogens is 254 g/mol. The van der Waals surface area contributed by atoms with Crippen LogP contribution in [0.2, 0.25) is 0 Å². The third-order valence-corrected chi connectivity index (χ3v) is 3.72. The largest absolute Gasteiger partial charge is 0.469 e. The molecule has 1 aliphatic rings. The highest BCUT2D eigenvalue weighted by Gasteiger charge is 2.21. The predicted octanol–water partition coefficient (Wildman–Crippen LogP) is 2.19. The molecule has 0 N–H and O–H groups in total. The van der Waals surface area contributed by atoms with E-state index in [1.807, 2.05) is 0 Å². The van der Waals surface area contributed by atoms with Crippen LogP contribution in [0.15, 0.2) is 24.3 Å². The average Bonchev–Trinajstić information content (AvgIpc) is 2.47. The van der Waals surface area contributed by atoms with Crippen molar-refractivity contribution >= 4 is 5.97 Å². The lowest BCUT2D eigenvalue weighted by Gasteiger charge is -2.29. The van der Waals surface area contributed by atoms with Crippen LogP contribution < -0.4 is 0 Å². The molecule has 0 radical (unpaired) electrons. The fraction of sp³-hybridized carbons (Fsp3) is 0.562. The molecule has 4 nitrogen and oxygen atoms in total. The van der Waals surface area contributed by atoms with Crippen molar-refractivity contribution in [2.75, 3.05) is 33.9 Å². The predicted molar refractivity (Wildman–Crippen MR) is 77.6 cm³/mol. The number of fused-ring (bicyclic) bond motifs is 1. The second kappa shape index (κ2) is 7.41. The summed E-state index contributed by atoms with van der Waals surface area (Å²) < 4.78 is 10.5. The van der Waals surface area contributed by atoms with Gasteiger partial charge in [-0.25, -0.2) is 0 Å². The molecule has 1 unspecified atom stereocenters. The van der Waals surface area contributed by atoms with Crippen LogP contribution in [-0.4, -0.2) is 44.7 Å². The van der Waals surface area contributed by atoms with Gasteiger partial charge in [-0.3, -0.25) is 4.79 Å². The summed E-state index contributed by atoms with van der Waals surface area (Å²) in [6.07, 6.45) is 2.43. The van der Waals surface area contributed by atoms with Gasteiger partial charge in [-0.15, -0.1) is 0 Å².